The fourth-order valence-corrected chi connectivity index (χ4v) is 1.91. The van der Waals surface area contributed by atoms with E-state index in [4.69, 9.17) is 5.73 Å². The predicted molar refractivity (Wildman–Crippen MR) is 75.9 cm³/mol. The van der Waals surface area contributed by atoms with E-state index in [1.807, 2.05) is 19.1 Å². The molecule has 1 amide bonds. The number of carbonyl (C=O) groups excluding carboxylic acids is 1. The first-order valence-electron chi connectivity index (χ1n) is 6.50. The number of amides is 1. The van der Waals surface area contributed by atoms with E-state index >= 15 is 0 Å². The highest BCUT2D eigenvalue weighted by Crippen LogP contribution is 2.19. The highest BCUT2D eigenvalue weighted by Gasteiger charge is 2.27. The lowest BCUT2D eigenvalue weighted by Crippen LogP contribution is -2.48. The summed E-state index contributed by atoms with van der Waals surface area (Å²) >= 11 is 0. The van der Waals surface area contributed by atoms with Gasteiger partial charge in [0.1, 0.15) is 0 Å². The summed E-state index contributed by atoms with van der Waals surface area (Å²) < 4.78 is 4.69. The number of aromatic nitrogens is 2. The number of nitrogens with one attached hydrogen (secondary N) is 1. The molecule has 6 nitrogen and oxygen atoms in total. The first kappa shape index (κ1) is 14.2. The van der Waals surface area contributed by atoms with Crippen LogP contribution in [0.15, 0.2) is 35.2 Å². The van der Waals surface area contributed by atoms with Crippen LogP contribution in [0.5, 0.6) is 0 Å². The Hall–Kier alpha value is -2.21. The van der Waals surface area contributed by atoms with Crippen LogP contribution in [-0.2, 0) is 4.79 Å². The van der Waals surface area contributed by atoms with Crippen molar-refractivity contribution in [3.8, 4) is 11.4 Å². The van der Waals surface area contributed by atoms with Gasteiger partial charge in [-0.15, -0.1) is 0 Å². The first-order valence-corrected chi connectivity index (χ1v) is 6.50. The second-order valence-corrected chi connectivity index (χ2v) is 4.95. The summed E-state index contributed by atoms with van der Waals surface area (Å²) in [6.45, 7) is 3.73. The maximum Gasteiger partial charge on any atom is 0.244 e. The summed E-state index contributed by atoms with van der Waals surface area (Å²) in [5.41, 5.74) is 6.63. The molecule has 1 aromatic carbocycles. The predicted octanol–water partition coefficient (Wildman–Crippen LogP) is 2.19. The van der Waals surface area contributed by atoms with Crippen molar-refractivity contribution in [2.24, 2.45) is 5.73 Å². The topological polar surface area (TPSA) is 94.0 Å². The Morgan fingerprint density at radius 1 is 1.40 bits per heavy atom. The summed E-state index contributed by atoms with van der Waals surface area (Å²) in [6.07, 6.45) is 2.77. The van der Waals surface area contributed by atoms with Crippen LogP contribution in [0.2, 0.25) is 0 Å². The molecule has 0 fully saturated rings. The van der Waals surface area contributed by atoms with Crippen LogP contribution in [0.25, 0.3) is 11.4 Å². The Morgan fingerprint density at radius 3 is 2.65 bits per heavy atom. The smallest absolute Gasteiger partial charge is 0.244 e. The molecule has 0 saturated carbocycles. The lowest BCUT2D eigenvalue weighted by atomic mass is 9.96. The Bertz CT molecular complexity index is 561. The molecule has 0 radical (unpaired) electrons. The molecule has 1 atom stereocenters. The first-order chi connectivity index (χ1) is 9.53. The highest BCUT2D eigenvalue weighted by molar-refractivity contribution is 5.97. The van der Waals surface area contributed by atoms with E-state index in [9.17, 15) is 4.79 Å². The van der Waals surface area contributed by atoms with Gasteiger partial charge in [-0.2, -0.15) is 4.98 Å². The zero-order valence-corrected chi connectivity index (χ0v) is 11.6. The Balaban J connectivity index is 2.06. The minimum absolute atomic E-state index is 0.188. The summed E-state index contributed by atoms with van der Waals surface area (Å²) in [5.74, 6) is 0.323. The second-order valence-electron chi connectivity index (χ2n) is 4.95. The third-order valence-corrected chi connectivity index (χ3v) is 3.05. The maximum absolute atomic E-state index is 12.1. The van der Waals surface area contributed by atoms with Crippen LogP contribution < -0.4 is 11.1 Å². The number of rotatable bonds is 5. The summed E-state index contributed by atoms with van der Waals surface area (Å²) in [4.78, 5) is 16.0. The minimum atomic E-state index is -0.860. The normalized spacial score (nSPS) is 13.8. The van der Waals surface area contributed by atoms with E-state index in [1.165, 1.54) is 6.39 Å². The highest BCUT2D eigenvalue weighted by atomic mass is 16.5. The van der Waals surface area contributed by atoms with Crippen LogP contribution in [-0.4, -0.2) is 21.6 Å². The van der Waals surface area contributed by atoms with Crippen LogP contribution >= 0.6 is 0 Å². The molecular weight excluding hydrogens is 256 g/mol. The van der Waals surface area contributed by atoms with E-state index in [-0.39, 0.29) is 5.91 Å². The van der Waals surface area contributed by atoms with Gasteiger partial charge in [0.05, 0.1) is 5.54 Å². The molecule has 3 N–H and O–H groups in total. The van der Waals surface area contributed by atoms with Crippen molar-refractivity contribution >= 4 is 11.6 Å². The van der Waals surface area contributed by atoms with Crippen LogP contribution in [0.4, 0.5) is 5.69 Å². The van der Waals surface area contributed by atoms with Crippen LogP contribution in [0, 0.1) is 0 Å². The monoisotopic (exact) mass is 274 g/mol. The Kier molecular flexibility index (Phi) is 4.14. The van der Waals surface area contributed by atoms with Crippen LogP contribution in [0.3, 0.4) is 0 Å². The molecule has 6 heteroatoms. The van der Waals surface area contributed by atoms with E-state index in [0.717, 1.165) is 12.0 Å². The van der Waals surface area contributed by atoms with Crippen molar-refractivity contribution in [3.63, 3.8) is 0 Å². The number of anilines is 1. The van der Waals surface area contributed by atoms with Crippen molar-refractivity contribution in [3.05, 3.63) is 30.7 Å². The molecule has 106 valence electrons. The quantitative estimate of drug-likeness (QED) is 0.871. The number of benzene rings is 1. The molecule has 0 aliphatic carbocycles. The molecule has 2 aromatic rings. The molecule has 0 aliphatic heterocycles. The average Bonchev–Trinajstić information content (AvgIpc) is 2.93. The lowest BCUT2D eigenvalue weighted by molar-refractivity contribution is -0.120. The molecule has 2 rings (SSSR count). The zero-order chi connectivity index (χ0) is 14.6. The maximum atomic E-state index is 12.1. The van der Waals surface area contributed by atoms with Gasteiger partial charge in [0.2, 0.25) is 18.1 Å². The van der Waals surface area contributed by atoms with E-state index in [1.54, 1.807) is 19.1 Å². The van der Waals surface area contributed by atoms with Gasteiger partial charge in [0.25, 0.3) is 0 Å². The molecule has 1 aromatic heterocycles. The van der Waals surface area contributed by atoms with Crippen molar-refractivity contribution in [1.82, 2.24) is 10.1 Å². The molecule has 0 bridgehead atoms. The summed E-state index contributed by atoms with van der Waals surface area (Å²) in [5, 5.41) is 6.56. The number of nitrogens with zero attached hydrogens (tertiary/aromatic N) is 2. The second kappa shape index (κ2) is 5.83. The van der Waals surface area contributed by atoms with Crippen molar-refractivity contribution in [2.45, 2.75) is 32.2 Å². The van der Waals surface area contributed by atoms with Crippen LogP contribution in [0.1, 0.15) is 26.7 Å². The molecule has 0 saturated heterocycles. The molecule has 0 spiro atoms. The van der Waals surface area contributed by atoms with Gasteiger partial charge in [0, 0.05) is 11.3 Å². The standard InChI is InChI=1S/C14H18N4O2/c1-3-8-14(2,15)13(19)17-11-6-4-10(5-7-11)12-16-9-20-18-12/h4-7,9H,3,8,15H2,1-2H3,(H,17,19). The molecule has 20 heavy (non-hydrogen) atoms. The SMILES string of the molecule is CCCC(C)(N)C(=O)Nc1ccc(-c2ncon2)cc1. The minimum Gasteiger partial charge on any atom is -0.342 e. The number of hydrogen-bond donors (Lipinski definition) is 2. The van der Waals surface area contributed by atoms with Gasteiger partial charge < -0.3 is 15.6 Å². The van der Waals surface area contributed by atoms with E-state index < -0.39 is 5.54 Å². The fraction of sp³-hybridized carbons (Fsp3) is 0.357. The van der Waals surface area contributed by atoms with Crippen molar-refractivity contribution in [2.75, 3.05) is 5.32 Å². The number of nitrogens with two attached hydrogens (primary N) is 1. The van der Waals surface area contributed by atoms with Gasteiger partial charge in [-0.05, 0) is 37.6 Å². The summed E-state index contributed by atoms with van der Waals surface area (Å²) in [6, 6.07) is 7.19. The molecule has 1 unspecified atom stereocenters. The third-order valence-electron chi connectivity index (χ3n) is 3.05. The largest absolute Gasteiger partial charge is 0.342 e. The average molecular weight is 274 g/mol. The molecule has 1 heterocycles. The van der Waals surface area contributed by atoms with Gasteiger partial charge in [0.15, 0.2) is 0 Å². The Morgan fingerprint density at radius 2 is 2.10 bits per heavy atom. The van der Waals surface area contributed by atoms with Gasteiger partial charge in [-0.3, -0.25) is 4.79 Å². The van der Waals surface area contributed by atoms with Gasteiger partial charge >= 0.3 is 0 Å². The van der Waals surface area contributed by atoms with Gasteiger partial charge in [-0.25, -0.2) is 0 Å². The lowest BCUT2D eigenvalue weighted by Gasteiger charge is -2.22. The molecule has 0 aliphatic rings. The molecular formula is C14H18N4O2. The summed E-state index contributed by atoms with van der Waals surface area (Å²) in [7, 11) is 0. The number of carbonyl (C=O) groups is 1. The van der Waals surface area contributed by atoms with Crippen molar-refractivity contribution < 1.29 is 9.32 Å². The number of hydrogen-bond acceptors (Lipinski definition) is 5. The zero-order valence-electron chi connectivity index (χ0n) is 11.6. The van der Waals surface area contributed by atoms with E-state index in [2.05, 4.69) is 20.0 Å². The van der Waals surface area contributed by atoms with Gasteiger partial charge in [-0.1, -0.05) is 18.5 Å². The third kappa shape index (κ3) is 3.21. The van der Waals surface area contributed by atoms with Crippen molar-refractivity contribution in [1.29, 1.82) is 0 Å². The van der Waals surface area contributed by atoms with E-state index in [0.29, 0.717) is 17.9 Å². The Labute approximate surface area is 117 Å². The fourth-order valence-electron chi connectivity index (χ4n) is 1.91.